The van der Waals surface area contributed by atoms with Gasteiger partial charge in [-0.1, -0.05) is 13.8 Å². The number of carbonyl (C=O) groups is 2. The van der Waals surface area contributed by atoms with Crippen LogP contribution in [0.2, 0.25) is 0 Å². The van der Waals surface area contributed by atoms with Crippen LogP contribution in [0.4, 0.5) is 5.69 Å². The summed E-state index contributed by atoms with van der Waals surface area (Å²) >= 11 is 0. The number of amides is 2. The summed E-state index contributed by atoms with van der Waals surface area (Å²) in [7, 11) is -2.09. The smallest absolute Gasteiger partial charge is 0.271 e. The van der Waals surface area contributed by atoms with Gasteiger partial charge >= 0.3 is 0 Å². The number of nitrogens with one attached hydrogen (secondary N) is 2. The number of hydrogen-bond acceptors (Lipinski definition) is 9. The average molecular weight is 537 g/mol. The number of ether oxygens (including phenoxy) is 1. The van der Waals surface area contributed by atoms with Crippen LogP contribution in [0.3, 0.4) is 0 Å². The third-order valence-electron chi connectivity index (χ3n) is 6.21. The first-order valence-corrected chi connectivity index (χ1v) is 13.8. The maximum absolute atomic E-state index is 13.5. The number of anilines is 1. The molecule has 3 heterocycles. The van der Waals surface area contributed by atoms with E-state index < -0.39 is 21.8 Å². The third kappa shape index (κ3) is 6.26. The van der Waals surface area contributed by atoms with E-state index in [9.17, 15) is 18.0 Å². The highest BCUT2D eigenvalue weighted by molar-refractivity contribution is 7.89. The molecule has 2 amide bonds. The monoisotopic (exact) mass is 536 g/mol. The molecule has 1 fully saturated rings. The Morgan fingerprint density at radius 3 is 2.43 bits per heavy atom. The lowest BCUT2D eigenvalue weighted by atomic mass is 10.2. The Bertz CT molecular complexity index is 1220. The van der Waals surface area contributed by atoms with Crippen molar-refractivity contribution in [3.8, 4) is 5.88 Å². The Hall–Kier alpha value is -3.07. The van der Waals surface area contributed by atoms with Gasteiger partial charge in [0.05, 0.1) is 30.7 Å². The summed E-state index contributed by atoms with van der Waals surface area (Å²) in [6.45, 7) is 9.68. The number of primary amides is 1. The molecule has 0 radical (unpaired) electrons. The molecule has 0 bridgehead atoms. The quantitative estimate of drug-likeness (QED) is 0.342. The highest BCUT2D eigenvalue weighted by atomic mass is 32.2. The number of hydrogen-bond donors (Lipinski definition) is 3. The first-order chi connectivity index (χ1) is 17.7. The van der Waals surface area contributed by atoms with Crippen molar-refractivity contribution in [1.29, 1.82) is 0 Å². The lowest BCUT2D eigenvalue weighted by Gasteiger charge is -2.33. The molecule has 14 heteroatoms. The molecular formula is C23H36N8O5S. The molecule has 0 atom stereocenters. The van der Waals surface area contributed by atoms with Gasteiger partial charge < -0.3 is 26.0 Å². The molecule has 1 aliphatic rings. The molecular weight excluding hydrogens is 500 g/mol. The van der Waals surface area contributed by atoms with Crippen LogP contribution < -0.4 is 21.1 Å². The molecule has 0 aliphatic carbocycles. The first kappa shape index (κ1) is 28.5. The summed E-state index contributed by atoms with van der Waals surface area (Å²) in [5, 5.41) is 10.0. The zero-order valence-electron chi connectivity index (χ0n) is 21.8. The molecule has 1 saturated heterocycles. The molecule has 37 heavy (non-hydrogen) atoms. The summed E-state index contributed by atoms with van der Waals surface area (Å²) in [4.78, 5) is 31.8. The minimum absolute atomic E-state index is 0.0176. The van der Waals surface area contributed by atoms with Crippen molar-refractivity contribution in [3.05, 3.63) is 29.2 Å². The van der Waals surface area contributed by atoms with Crippen LogP contribution in [0.1, 0.15) is 47.3 Å². The number of aromatic nitrogens is 3. The number of likely N-dealkylation sites (N-methyl/N-ethyl adjacent to an activating group) is 2. The largest absolute Gasteiger partial charge is 0.477 e. The second kappa shape index (κ2) is 12.4. The van der Waals surface area contributed by atoms with Gasteiger partial charge in [0, 0.05) is 32.7 Å². The summed E-state index contributed by atoms with van der Waals surface area (Å²) in [6.07, 6.45) is 1.67. The Balaban J connectivity index is 1.98. The molecule has 0 unspecified atom stereocenters. The topological polar surface area (TPSA) is 165 Å². The van der Waals surface area contributed by atoms with Gasteiger partial charge in [-0.25, -0.2) is 13.4 Å². The number of rotatable bonds is 12. The van der Waals surface area contributed by atoms with Gasteiger partial charge in [0.1, 0.15) is 10.5 Å². The van der Waals surface area contributed by atoms with Gasteiger partial charge in [-0.15, -0.1) is 0 Å². The van der Waals surface area contributed by atoms with Gasteiger partial charge in [-0.2, -0.15) is 9.40 Å². The molecule has 13 nitrogen and oxygen atoms in total. The second-order valence-corrected chi connectivity index (χ2v) is 10.4. The molecule has 2 aromatic rings. The maximum Gasteiger partial charge on any atom is 0.271 e. The SMILES string of the molecule is CCOc1ncc(S(=O)(=O)N2CCN(CC)CC2)cc1C(=O)Nc1c(C(N)=O)nn(CCNC)c1CC. The van der Waals surface area contributed by atoms with E-state index in [1.165, 1.54) is 16.6 Å². The summed E-state index contributed by atoms with van der Waals surface area (Å²) < 4.78 is 35.2. The fourth-order valence-electron chi connectivity index (χ4n) is 4.17. The molecule has 1 aliphatic heterocycles. The lowest BCUT2D eigenvalue weighted by molar-refractivity contribution is 0.0995. The molecule has 4 N–H and O–H groups in total. The molecule has 204 valence electrons. The standard InChI is InChI=1S/C23H36N8O5S/c1-5-18-19(20(21(24)32)28-31(18)9-8-25-4)27-22(33)17-14-16(15-26-23(17)36-7-3)37(34,35)30-12-10-29(6-2)11-13-30/h14-15,25H,5-13H2,1-4H3,(H2,24,32)(H,27,33). The van der Waals surface area contributed by atoms with Crippen LogP contribution in [-0.2, 0) is 23.0 Å². The van der Waals surface area contributed by atoms with Gasteiger partial charge in [0.15, 0.2) is 5.69 Å². The van der Waals surface area contributed by atoms with E-state index in [0.717, 1.165) is 6.54 Å². The van der Waals surface area contributed by atoms with Crippen LogP contribution in [0, 0.1) is 0 Å². The summed E-state index contributed by atoms with van der Waals surface area (Å²) in [6, 6.07) is 1.26. The van der Waals surface area contributed by atoms with Crippen LogP contribution in [0.25, 0.3) is 0 Å². The van der Waals surface area contributed by atoms with Gasteiger partial charge in [0.2, 0.25) is 15.9 Å². The van der Waals surface area contributed by atoms with Gasteiger partial charge in [0.25, 0.3) is 11.8 Å². The highest BCUT2D eigenvalue weighted by Crippen LogP contribution is 2.27. The fourth-order valence-corrected chi connectivity index (χ4v) is 5.56. The average Bonchev–Trinajstić information content (AvgIpc) is 3.24. The van der Waals surface area contributed by atoms with Crippen molar-refractivity contribution in [2.45, 2.75) is 38.6 Å². The Labute approximate surface area is 217 Å². The molecule has 2 aromatic heterocycles. The Morgan fingerprint density at radius 1 is 1.16 bits per heavy atom. The zero-order chi connectivity index (χ0) is 27.2. The van der Waals surface area contributed by atoms with Crippen molar-refractivity contribution in [2.75, 3.05) is 58.2 Å². The molecule has 0 spiro atoms. The van der Waals surface area contributed by atoms with Gasteiger partial charge in [-0.05, 0) is 33.0 Å². The van der Waals surface area contributed by atoms with E-state index in [0.29, 0.717) is 51.4 Å². The predicted octanol–water partition coefficient (Wildman–Crippen LogP) is 0.136. The van der Waals surface area contributed by atoms with E-state index >= 15 is 0 Å². The molecule has 0 saturated carbocycles. The van der Waals surface area contributed by atoms with Gasteiger partial charge in [-0.3, -0.25) is 14.3 Å². The van der Waals surface area contributed by atoms with Crippen LogP contribution in [0.15, 0.2) is 17.2 Å². The van der Waals surface area contributed by atoms with E-state index in [-0.39, 0.29) is 34.3 Å². The zero-order valence-corrected chi connectivity index (χ0v) is 22.6. The van der Waals surface area contributed by atoms with Crippen molar-refractivity contribution in [3.63, 3.8) is 0 Å². The minimum Gasteiger partial charge on any atom is -0.477 e. The third-order valence-corrected chi connectivity index (χ3v) is 8.07. The van der Waals surface area contributed by atoms with E-state index in [4.69, 9.17) is 10.5 Å². The van der Waals surface area contributed by atoms with Crippen LogP contribution in [-0.4, -0.2) is 97.1 Å². The normalized spacial score (nSPS) is 15.0. The number of sulfonamides is 1. The predicted molar refractivity (Wildman–Crippen MR) is 138 cm³/mol. The van der Waals surface area contributed by atoms with E-state index in [1.807, 2.05) is 13.8 Å². The first-order valence-electron chi connectivity index (χ1n) is 12.4. The van der Waals surface area contributed by atoms with Crippen molar-refractivity contribution in [1.82, 2.24) is 29.3 Å². The maximum atomic E-state index is 13.5. The van der Waals surface area contributed by atoms with Crippen LogP contribution >= 0.6 is 0 Å². The number of pyridine rings is 1. The molecule has 3 rings (SSSR count). The highest BCUT2D eigenvalue weighted by Gasteiger charge is 2.31. The number of piperazine rings is 1. The van der Waals surface area contributed by atoms with Crippen molar-refractivity contribution >= 4 is 27.5 Å². The second-order valence-electron chi connectivity index (χ2n) is 8.46. The van der Waals surface area contributed by atoms with E-state index in [1.54, 1.807) is 18.7 Å². The Morgan fingerprint density at radius 2 is 1.86 bits per heavy atom. The number of nitrogens with zero attached hydrogens (tertiary/aromatic N) is 5. The number of nitrogens with two attached hydrogens (primary N) is 1. The summed E-state index contributed by atoms with van der Waals surface area (Å²) in [5.74, 6) is -1.50. The molecule has 0 aromatic carbocycles. The Kier molecular flexibility index (Phi) is 9.59. The van der Waals surface area contributed by atoms with Crippen molar-refractivity contribution in [2.24, 2.45) is 5.73 Å². The van der Waals surface area contributed by atoms with Crippen LogP contribution in [0.5, 0.6) is 5.88 Å². The summed E-state index contributed by atoms with van der Waals surface area (Å²) in [5.41, 5.74) is 6.19. The minimum atomic E-state index is -3.88. The number of carbonyl (C=O) groups excluding carboxylic acids is 2. The van der Waals surface area contributed by atoms with E-state index in [2.05, 4.69) is 25.6 Å². The lowest BCUT2D eigenvalue weighted by Crippen LogP contribution is -2.48. The fraction of sp³-hybridized carbons (Fsp3) is 0.565. The van der Waals surface area contributed by atoms with Crippen molar-refractivity contribution < 1.29 is 22.7 Å².